The van der Waals surface area contributed by atoms with E-state index in [1.165, 1.54) is 31.4 Å². The van der Waals surface area contributed by atoms with Crippen molar-refractivity contribution in [2.45, 2.75) is 13.5 Å². The molecule has 0 aromatic heterocycles. The van der Waals surface area contributed by atoms with Crippen LogP contribution in [0.1, 0.15) is 22.8 Å². The lowest BCUT2D eigenvalue weighted by Gasteiger charge is -2.11. The van der Waals surface area contributed by atoms with Crippen molar-refractivity contribution in [3.8, 4) is 17.2 Å². The number of carbonyl (C=O) groups is 1. The quantitative estimate of drug-likeness (QED) is 0.477. The third kappa shape index (κ3) is 4.60. The first kappa shape index (κ1) is 20.1. The number of carbonyl (C=O) groups excluding carboxylic acids is 1. The zero-order valence-corrected chi connectivity index (χ0v) is 15.6. The summed E-state index contributed by atoms with van der Waals surface area (Å²) in [6.07, 6.45) is 0. The number of hydrogen-bond acceptors (Lipinski definition) is 5. The van der Waals surface area contributed by atoms with Gasteiger partial charge >= 0.3 is 6.61 Å². The van der Waals surface area contributed by atoms with E-state index in [0.717, 1.165) is 10.8 Å². The highest BCUT2D eigenvalue weighted by Crippen LogP contribution is 2.30. The van der Waals surface area contributed by atoms with Gasteiger partial charge in [0.2, 0.25) is 0 Å². The van der Waals surface area contributed by atoms with Crippen molar-refractivity contribution in [1.29, 1.82) is 0 Å². The normalized spacial score (nSPS) is 11.6. The summed E-state index contributed by atoms with van der Waals surface area (Å²) in [5.41, 5.74) is 3.40. The maximum atomic E-state index is 12.4. The molecule has 0 aliphatic rings. The molecule has 0 atom stereocenters. The molecule has 0 radical (unpaired) electrons. The van der Waals surface area contributed by atoms with Crippen LogP contribution in [0, 0.1) is 0 Å². The number of benzene rings is 3. The summed E-state index contributed by atoms with van der Waals surface area (Å²) in [5, 5.41) is 15.8. The molecule has 6 nitrogen and oxygen atoms in total. The van der Waals surface area contributed by atoms with Gasteiger partial charge in [-0.3, -0.25) is 4.79 Å². The van der Waals surface area contributed by atoms with Gasteiger partial charge in [-0.15, -0.1) is 0 Å². The maximum Gasteiger partial charge on any atom is 0.387 e. The fourth-order valence-electron chi connectivity index (χ4n) is 2.76. The summed E-state index contributed by atoms with van der Waals surface area (Å²) in [5.74, 6) is -0.749. The zero-order valence-electron chi connectivity index (χ0n) is 15.6. The number of nitrogens with one attached hydrogen (secondary N) is 1. The molecule has 0 fully saturated rings. The van der Waals surface area contributed by atoms with Crippen LogP contribution in [0.25, 0.3) is 10.8 Å². The van der Waals surface area contributed by atoms with Gasteiger partial charge in [-0.05, 0) is 48.0 Å². The fourth-order valence-corrected chi connectivity index (χ4v) is 2.76. The third-order valence-corrected chi connectivity index (χ3v) is 4.23. The summed E-state index contributed by atoms with van der Waals surface area (Å²) in [7, 11) is 1.33. The number of alkyl halides is 2. The van der Waals surface area contributed by atoms with Gasteiger partial charge in [-0.25, -0.2) is 5.43 Å². The van der Waals surface area contributed by atoms with Crippen LogP contribution in [0.3, 0.4) is 0 Å². The van der Waals surface area contributed by atoms with Gasteiger partial charge in [-0.2, -0.15) is 13.9 Å². The number of phenols is 1. The first-order valence-electron chi connectivity index (χ1n) is 8.58. The molecule has 3 aromatic carbocycles. The lowest BCUT2D eigenvalue weighted by atomic mass is 10.1. The molecule has 0 saturated heterocycles. The lowest BCUT2D eigenvalue weighted by Crippen LogP contribution is -2.19. The molecule has 8 heteroatoms. The van der Waals surface area contributed by atoms with E-state index in [1.807, 2.05) is 24.3 Å². The number of rotatable bonds is 6. The molecule has 29 heavy (non-hydrogen) atoms. The van der Waals surface area contributed by atoms with E-state index in [0.29, 0.717) is 11.3 Å². The first-order chi connectivity index (χ1) is 13.9. The monoisotopic (exact) mass is 400 g/mol. The number of aromatic hydroxyl groups is 1. The van der Waals surface area contributed by atoms with E-state index in [-0.39, 0.29) is 22.8 Å². The predicted molar refractivity (Wildman–Crippen MR) is 105 cm³/mol. The Bertz CT molecular complexity index is 1080. The Morgan fingerprint density at radius 3 is 2.41 bits per heavy atom. The van der Waals surface area contributed by atoms with Crippen LogP contribution < -0.4 is 14.9 Å². The van der Waals surface area contributed by atoms with Crippen LogP contribution in [-0.4, -0.2) is 30.4 Å². The van der Waals surface area contributed by atoms with Crippen molar-refractivity contribution >= 4 is 22.4 Å². The Kier molecular flexibility index (Phi) is 5.92. The highest BCUT2D eigenvalue weighted by molar-refractivity contribution is 6.03. The predicted octanol–water partition coefficient (Wildman–Crippen LogP) is 4.31. The van der Waals surface area contributed by atoms with E-state index in [2.05, 4.69) is 15.3 Å². The molecule has 0 saturated carbocycles. The van der Waals surface area contributed by atoms with Gasteiger partial charge in [0.1, 0.15) is 5.75 Å². The van der Waals surface area contributed by atoms with Gasteiger partial charge in [-0.1, -0.05) is 24.3 Å². The van der Waals surface area contributed by atoms with Crippen molar-refractivity contribution in [3.63, 3.8) is 0 Å². The third-order valence-electron chi connectivity index (χ3n) is 4.23. The van der Waals surface area contributed by atoms with Gasteiger partial charge in [0.05, 0.1) is 18.4 Å². The number of hydrogen-bond donors (Lipinski definition) is 2. The summed E-state index contributed by atoms with van der Waals surface area (Å²) in [6, 6.07) is 14.7. The maximum absolute atomic E-state index is 12.4. The smallest absolute Gasteiger partial charge is 0.387 e. The Morgan fingerprint density at radius 2 is 1.76 bits per heavy atom. The van der Waals surface area contributed by atoms with E-state index in [4.69, 9.17) is 4.74 Å². The number of hydrazone groups is 1. The number of amides is 1. The molecule has 3 aromatic rings. The lowest BCUT2D eigenvalue weighted by molar-refractivity contribution is -0.0512. The SMILES string of the molecule is COc1cc(/C(C)=N\NC(=O)c2cc3ccccc3cc2O)ccc1OC(F)F. The molecule has 0 spiro atoms. The minimum absolute atomic E-state index is 0.0820. The number of halogens is 2. The molecule has 3 rings (SSSR count). The van der Waals surface area contributed by atoms with Crippen molar-refractivity contribution in [1.82, 2.24) is 5.43 Å². The second-order valence-corrected chi connectivity index (χ2v) is 6.10. The Balaban J connectivity index is 1.80. The molecule has 150 valence electrons. The van der Waals surface area contributed by atoms with Crippen LogP contribution in [0.15, 0.2) is 59.7 Å². The highest BCUT2D eigenvalue weighted by Gasteiger charge is 2.14. The second-order valence-electron chi connectivity index (χ2n) is 6.10. The molecule has 0 aliphatic heterocycles. The highest BCUT2D eigenvalue weighted by atomic mass is 19.3. The molecule has 0 unspecified atom stereocenters. The van der Waals surface area contributed by atoms with Gasteiger partial charge < -0.3 is 14.6 Å². The fraction of sp³-hybridized carbons (Fsp3) is 0.143. The Hall–Kier alpha value is -3.68. The Labute approximate surface area is 165 Å². The number of ether oxygens (including phenoxy) is 2. The number of phenolic OH excluding ortho intramolecular Hbond substituents is 1. The zero-order chi connectivity index (χ0) is 21.0. The van der Waals surface area contributed by atoms with Crippen molar-refractivity contribution in [2.24, 2.45) is 5.10 Å². The van der Waals surface area contributed by atoms with Crippen LogP contribution >= 0.6 is 0 Å². The summed E-state index contributed by atoms with van der Waals surface area (Å²) < 4.78 is 34.3. The van der Waals surface area contributed by atoms with Gasteiger partial charge in [0, 0.05) is 5.56 Å². The van der Waals surface area contributed by atoms with Crippen LogP contribution in [0.4, 0.5) is 8.78 Å². The van der Waals surface area contributed by atoms with Crippen LogP contribution in [-0.2, 0) is 0 Å². The van der Waals surface area contributed by atoms with Crippen molar-refractivity contribution < 1.29 is 28.2 Å². The average molecular weight is 400 g/mol. The molecule has 2 N–H and O–H groups in total. The summed E-state index contributed by atoms with van der Waals surface area (Å²) in [6.45, 7) is -1.35. The molecular formula is C21H18F2N2O4. The Morgan fingerprint density at radius 1 is 1.07 bits per heavy atom. The molecular weight excluding hydrogens is 382 g/mol. The first-order valence-corrected chi connectivity index (χ1v) is 8.58. The van der Waals surface area contributed by atoms with E-state index in [1.54, 1.807) is 13.0 Å². The average Bonchev–Trinajstić information content (AvgIpc) is 2.71. The topological polar surface area (TPSA) is 80.2 Å². The summed E-state index contributed by atoms with van der Waals surface area (Å²) in [4.78, 5) is 12.4. The molecule has 0 heterocycles. The number of nitrogens with zero attached hydrogens (tertiary/aromatic N) is 1. The van der Waals surface area contributed by atoms with E-state index in [9.17, 15) is 18.7 Å². The van der Waals surface area contributed by atoms with Crippen molar-refractivity contribution in [2.75, 3.05) is 7.11 Å². The minimum Gasteiger partial charge on any atom is -0.507 e. The summed E-state index contributed by atoms with van der Waals surface area (Å²) >= 11 is 0. The molecule has 0 aliphatic carbocycles. The second kappa shape index (κ2) is 8.55. The largest absolute Gasteiger partial charge is 0.507 e. The number of fused-ring (bicyclic) bond motifs is 1. The minimum atomic E-state index is -2.97. The van der Waals surface area contributed by atoms with Crippen LogP contribution in [0.5, 0.6) is 17.2 Å². The van der Waals surface area contributed by atoms with Crippen molar-refractivity contribution in [3.05, 3.63) is 65.7 Å². The molecule has 1 amide bonds. The van der Waals surface area contributed by atoms with Gasteiger partial charge in [0.25, 0.3) is 5.91 Å². The standard InChI is InChI=1S/C21H18F2N2O4/c1-12(13-7-8-18(29-21(22)23)19(11-13)28-2)24-25-20(27)16-9-14-5-3-4-6-15(14)10-17(16)26/h3-11,21,26H,1-2H3,(H,25,27)/b24-12-. The van der Waals surface area contributed by atoms with Crippen LogP contribution in [0.2, 0.25) is 0 Å². The van der Waals surface area contributed by atoms with Gasteiger partial charge in [0.15, 0.2) is 11.5 Å². The number of methoxy groups -OCH3 is 1. The molecule has 0 bridgehead atoms. The van der Waals surface area contributed by atoms with E-state index >= 15 is 0 Å². The van der Waals surface area contributed by atoms with E-state index < -0.39 is 12.5 Å².